The van der Waals surface area contributed by atoms with Crippen LogP contribution in [0.15, 0.2) is 77.7 Å². The number of carbonyl (C=O) groups is 1. The van der Waals surface area contributed by atoms with Crippen LogP contribution in [0.2, 0.25) is 0 Å². The summed E-state index contributed by atoms with van der Waals surface area (Å²) in [6.45, 7) is 3.87. The number of carbonyl (C=O) groups excluding carboxylic acids is 1. The molecule has 3 aromatic carbocycles. The van der Waals surface area contributed by atoms with Crippen molar-refractivity contribution >= 4 is 27.3 Å². The first-order chi connectivity index (χ1) is 15.3. The van der Waals surface area contributed by atoms with Gasteiger partial charge in [-0.15, -0.1) is 0 Å². The predicted octanol–water partition coefficient (Wildman–Crippen LogP) is 4.37. The Morgan fingerprint density at radius 3 is 2.34 bits per heavy atom. The van der Waals surface area contributed by atoms with Gasteiger partial charge >= 0.3 is 0 Å². The van der Waals surface area contributed by atoms with Crippen LogP contribution in [0.1, 0.15) is 25.3 Å². The molecule has 3 aromatic rings. The topological polar surface area (TPSA) is 84.9 Å². The molecule has 4 rings (SSSR count). The number of nitrogens with one attached hydrogen (secondary N) is 1. The van der Waals surface area contributed by atoms with Gasteiger partial charge < -0.3 is 14.8 Å². The van der Waals surface area contributed by atoms with E-state index in [1.807, 2.05) is 12.1 Å². The van der Waals surface area contributed by atoms with Gasteiger partial charge in [0.15, 0.2) is 11.5 Å². The minimum Gasteiger partial charge on any atom is -0.454 e. The summed E-state index contributed by atoms with van der Waals surface area (Å²) >= 11 is 0. The summed E-state index contributed by atoms with van der Waals surface area (Å²) in [5.41, 5.74) is 1.99. The van der Waals surface area contributed by atoms with Crippen molar-refractivity contribution in [1.82, 2.24) is 0 Å². The lowest BCUT2D eigenvalue weighted by atomic mass is 10.0. The quantitative estimate of drug-likeness (QED) is 0.575. The second kappa shape index (κ2) is 8.92. The molecule has 0 bridgehead atoms. The zero-order valence-electron chi connectivity index (χ0n) is 17.8. The zero-order valence-corrected chi connectivity index (χ0v) is 18.6. The summed E-state index contributed by atoms with van der Waals surface area (Å²) in [4.78, 5) is 13.0. The molecule has 0 aliphatic carbocycles. The monoisotopic (exact) mass is 452 g/mol. The van der Waals surface area contributed by atoms with Crippen LogP contribution in [0.4, 0.5) is 11.4 Å². The van der Waals surface area contributed by atoms with Crippen LogP contribution in [0.25, 0.3) is 0 Å². The van der Waals surface area contributed by atoms with Gasteiger partial charge in [-0.05, 0) is 47.9 Å². The molecule has 1 aliphatic rings. The fourth-order valence-corrected chi connectivity index (χ4v) is 4.81. The lowest BCUT2D eigenvalue weighted by molar-refractivity contribution is -0.114. The number of nitrogens with zero attached hydrogens (tertiary/aromatic N) is 1. The third-order valence-electron chi connectivity index (χ3n) is 5.12. The van der Waals surface area contributed by atoms with Crippen molar-refractivity contribution in [3.05, 3.63) is 78.4 Å². The van der Waals surface area contributed by atoms with E-state index in [0.717, 1.165) is 9.87 Å². The molecule has 0 fully saturated rings. The Morgan fingerprint density at radius 1 is 0.969 bits per heavy atom. The molecule has 166 valence electrons. The smallest absolute Gasteiger partial charge is 0.264 e. The Labute approximate surface area is 187 Å². The summed E-state index contributed by atoms with van der Waals surface area (Å²) in [7, 11) is -3.96. The summed E-state index contributed by atoms with van der Waals surface area (Å²) in [6, 6.07) is 20.3. The molecule has 7 nitrogen and oxygen atoms in total. The molecule has 8 heteroatoms. The second-order valence-corrected chi connectivity index (χ2v) is 9.55. The Balaban J connectivity index is 1.62. The summed E-state index contributed by atoms with van der Waals surface area (Å²) in [5, 5.41) is 2.74. The van der Waals surface area contributed by atoms with Gasteiger partial charge in [-0.1, -0.05) is 44.2 Å². The Kier molecular flexibility index (Phi) is 6.05. The number of fused-ring (bicyclic) bond motifs is 1. The molecule has 0 aromatic heterocycles. The van der Waals surface area contributed by atoms with Gasteiger partial charge in [0.25, 0.3) is 10.0 Å². The van der Waals surface area contributed by atoms with Gasteiger partial charge in [0.2, 0.25) is 12.7 Å². The SMILES string of the molecule is CC(C)c1ccc(N(CC(=O)Nc2ccc3c(c2)OCO3)S(=O)(=O)c2ccccc2)cc1. The van der Waals surface area contributed by atoms with E-state index in [1.165, 1.54) is 12.1 Å². The molecule has 0 saturated carbocycles. The fraction of sp³-hybridized carbons (Fsp3) is 0.208. The first-order valence-electron chi connectivity index (χ1n) is 10.2. The van der Waals surface area contributed by atoms with Crippen LogP contribution in [-0.4, -0.2) is 27.7 Å². The molecule has 32 heavy (non-hydrogen) atoms. The normalized spacial score (nSPS) is 12.6. The van der Waals surface area contributed by atoms with Crippen molar-refractivity contribution < 1.29 is 22.7 Å². The van der Waals surface area contributed by atoms with Gasteiger partial charge in [0.1, 0.15) is 6.54 Å². The average molecular weight is 453 g/mol. The fourth-order valence-electron chi connectivity index (χ4n) is 3.37. The van der Waals surface area contributed by atoms with E-state index in [9.17, 15) is 13.2 Å². The summed E-state index contributed by atoms with van der Waals surface area (Å²) in [5.74, 6) is 0.955. The molecular weight excluding hydrogens is 428 g/mol. The van der Waals surface area contributed by atoms with Crippen LogP contribution in [0.5, 0.6) is 11.5 Å². The van der Waals surface area contributed by atoms with Crippen LogP contribution in [0, 0.1) is 0 Å². The molecule has 0 saturated heterocycles. The number of hydrogen-bond acceptors (Lipinski definition) is 5. The summed E-state index contributed by atoms with van der Waals surface area (Å²) < 4.78 is 38.5. The van der Waals surface area contributed by atoms with Crippen molar-refractivity contribution in [3.63, 3.8) is 0 Å². The largest absolute Gasteiger partial charge is 0.454 e. The van der Waals surface area contributed by atoms with Crippen molar-refractivity contribution in [2.75, 3.05) is 23.0 Å². The van der Waals surface area contributed by atoms with Gasteiger partial charge in [-0.2, -0.15) is 0 Å². The lowest BCUT2D eigenvalue weighted by Crippen LogP contribution is -2.38. The molecule has 0 unspecified atom stereocenters. The number of sulfonamides is 1. The number of anilines is 2. The Morgan fingerprint density at radius 2 is 1.66 bits per heavy atom. The van der Waals surface area contributed by atoms with Crippen molar-refractivity contribution in [3.8, 4) is 11.5 Å². The van der Waals surface area contributed by atoms with E-state index < -0.39 is 15.9 Å². The maximum atomic E-state index is 13.4. The van der Waals surface area contributed by atoms with Gasteiger partial charge in [-0.3, -0.25) is 9.10 Å². The maximum Gasteiger partial charge on any atom is 0.264 e. The van der Waals surface area contributed by atoms with Crippen molar-refractivity contribution in [1.29, 1.82) is 0 Å². The Bertz CT molecular complexity index is 1210. The summed E-state index contributed by atoms with van der Waals surface area (Å²) in [6.07, 6.45) is 0. The van der Waals surface area contributed by atoms with Crippen LogP contribution in [0.3, 0.4) is 0 Å². The zero-order chi connectivity index (χ0) is 22.7. The average Bonchev–Trinajstić information content (AvgIpc) is 3.26. The molecule has 0 spiro atoms. The predicted molar refractivity (Wildman–Crippen MR) is 123 cm³/mol. The minimum absolute atomic E-state index is 0.115. The Hall–Kier alpha value is -3.52. The number of ether oxygens (including phenoxy) is 2. The highest BCUT2D eigenvalue weighted by molar-refractivity contribution is 7.92. The molecule has 1 heterocycles. The maximum absolute atomic E-state index is 13.4. The highest BCUT2D eigenvalue weighted by atomic mass is 32.2. The second-order valence-electron chi connectivity index (χ2n) is 7.69. The third-order valence-corrected chi connectivity index (χ3v) is 6.91. The van der Waals surface area contributed by atoms with Crippen molar-refractivity contribution in [2.24, 2.45) is 0 Å². The minimum atomic E-state index is -3.96. The van der Waals surface area contributed by atoms with E-state index in [2.05, 4.69) is 19.2 Å². The number of rotatable bonds is 7. The van der Waals surface area contributed by atoms with Crippen molar-refractivity contribution in [2.45, 2.75) is 24.7 Å². The molecule has 1 N–H and O–H groups in total. The van der Waals surface area contributed by atoms with E-state index in [0.29, 0.717) is 28.8 Å². The van der Waals surface area contributed by atoms with Crippen LogP contribution < -0.4 is 19.1 Å². The van der Waals surface area contributed by atoms with Crippen LogP contribution in [-0.2, 0) is 14.8 Å². The van der Waals surface area contributed by atoms with Gasteiger partial charge in [0, 0.05) is 11.8 Å². The molecule has 1 aliphatic heterocycles. The molecule has 0 radical (unpaired) electrons. The molecule has 1 amide bonds. The highest BCUT2D eigenvalue weighted by Crippen LogP contribution is 2.34. The van der Waals surface area contributed by atoms with E-state index in [4.69, 9.17) is 9.47 Å². The number of amides is 1. The molecule has 0 atom stereocenters. The highest BCUT2D eigenvalue weighted by Gasteiger charge is 2.27. The van der Waals surface area contributed by atoms with Gasteiger partial charge in [-0.25, -0.2) is 8.42 Å². The van der Waals surface area contributed by atoms with E-state index in [1.54, 1.807) is 48.5 Å². The molecular formula is C24H24N2O5S. The van der Waals surface area contributed by atoms with Gasteiger partial charge in [0.05, 0.1) is 10.6 Å². The number of hydrogen-bond donors (Lipinski definition) is 1. The van der Waals surface area contributed by atoms with E-state index >= 15 is 0 Å². The third kappa shape index (κ3) is 4.55. The standard InChI is InChI=1S/C24H24N2O5S/c1-17(2)18-8-11-20(12-9-18)26(32(28,29)21-6-4-3-5-7-21)15-24(27)25-19-10-13-22-23(14-19)31-16-30-22/h3-14,17H,15-16H2,1-2H3,(H,25,27). The van der Waals surface area contributed by atoms with Crippen LogP contribution >= 0.6 is 0 Å². The van der Waals surface area contributed by atoms with E-state index in [-0.39, 0.29) is 18.2 Å². The number of benzene rings is 3. The lowest BCUT2D eigenvalue weighted by Gasteiger charge is -2.24. The first kappa shape index (κ1) is 21.7. The first-order valence-corrected chi connectivity index (χ1v) is 11.7.